The van der Waals surface area contributed by atoms with E-state index >= 15 is 0 Å². The second-order valence-corrected chi connectivity index (χ2v) is 7.25. The molecule has 0 saturated carbocycles. The average Bonchev–Trinajstić information content (AvgIpc) is 2.99. The first kappa shape index (κ1) is 15.5. The lowest BCUT2D eigenvalue weighted by Crippen LogP contribution is -2.43. The van der Waals surface area contributed by atoms with E-state index in [0.29, 0.717) is 42.0 Å². The van der Waals surface area contributed by atoms with Gasteiger partial charge in [-0.1, -0.05) is 11.6 Å². The van der Waals surface area contributed by atoms with Gasteiger partial charge in [-0.3, -0.25) is 9.82 Å². The van der Waals surface area contributed by atoms with Crippen molar-refractivity contribution in [3.8, 4) is 0 Å². The standard InChI is InChI=1S/C13H17ClN4O3S/c1-21-9-4-6-18(7-5-9)22(19,20)17-12-3-2-11-10(13(12)14)8-15-16-11/h2-3,8-9,17H,4-7H2,1H3,(H,15,16). The van der Waals surface area contributed by atoms with Crippen LogP contribution < -0.4 is 4.72 Å². The van der Waals surface area contributed by atoms with Gasteiger partial charge in [-0.2, -0.15) is 17.8 Å². The van der Waals surface area contributed by atoms with E-state index < -0.39 is 10.2 Å². The first-order valence-corrected chi connectivity index (χ1v) is 8.75. The summed E-state index contributed by atoms with van der Waals surface area (Å²) in [6, 6.07) is 3.37. The Morgan fingerprint density at radius 2 is 2.14 bits per heavy atom. The van der Waals surface area contributed by atoms with Crippen molar-refractivity contribution < 1.29 is 13.2 Å². The molecule has 0 atom stereocenters. The quantitative estimate of drug-likeness (QED) is 0.887. The van der Waals surface area contributed by atoms with Crippen molar-refractivity contribution in [3.63, 3.8) is 0 Å². The van der Waals surface area contributed by atoms with Gasteiger partial charge in [-0.15, -0.1) is 0 Å². The molecule has 0 aliphatic carbocycles. The zero-order valence-corrected chi connectivity index (χ0v) is 13.6. The Morgan fingerprint density at radius 1 is 1.41 bits per heavy atom. The molecule has 1 aromatic heterocycles. The molecule has 0 radical (unpaired) electrons. The minimum Gasteiger partial charge on any atom is -0.381 e. The largest absolute Gasteiger partial charge is 0.381 e. The normalized spacial score (nSPS) is 17.9. The number of methoxy groups -OCH3 is 1. The number of H-pyrrole nitrogens is 1. The van der Waals surface area contributed by atoms with Gasteiger partial charge in [0.05, 0.1) is 28.5 Å². The van der Waals surface area contributed by atoms with Crippen LogP contribution in [0.25, 0.3) is 10.9 Å². The van der Waals surface area contributed by atoms with Crippen LogP contribution in [0, 0.1) is 0 Å². The number of aromatic amines is 1. The number of piperidine rings is 1. The van der Waals surface area contributed by atoms with Crippen LogP contribution in [0.15, 0.2) is 18.3 Å². The highest BCUT2D eigenvalue weighted by atomic mass is 35.5. The molecule has 7 nitrogen and oxygen atoms in total. The number of aromatic nitrogens is 2. The maximum absolute atomic E-state index is 12.5. The smallest absolute Gasteiger partial charge is 0.301 e. The molecular weight excluding hydrogens is 328 g/mol. The van der Waals surface area contributed by atoms with Crippen molar-refractivity contribution in [2.45, 2.75) is 18.9 Å². The Bertz CT molecular complexity index is 769. The van der Waals surface area contributed by atoms with Crippen LogP contribution >= 0.6 is 11.6 Å². The number of ether oxygens (including phenoxy) is 1. The van der Waals surface area contributed by atoms with E-state index in [1.165, 1.54) is 4.31 Å². The fraction of sp³-hybridized carbons (Fsp3) is 0.462. The lowest BCUT2D eigenvalue weighted by molar-refractivity contribution is 0.0606. The van der Waals surface area contributed by atoms with Gasteiger partial charge in [0, 0.05) is 25.6 Å². The van der Waals surface area contributed by atoms with E-state index in [9.17, 15) is 8.42 Å². The third-order valence-electron chi connectivity index (χ3n) is 3.87. The van der Waals surface area contributed by atoms with Crippen LogP contribution in [0.1, 0.15) is 12.8 Å². The van der Waals surface area contributed by atoms with Gasteiger partial charge in [-0.25, -0.2) is 0 Å². The molecule has 0 amide bonds. The molecule has 2 heterocycles. The zero-order valence-electron chi connectivity index (χ0n) is 12.0. The van der Waals surface area contributed by atoms with E-state index in [2.05, 4.69) is 14.9 Å². The van der Waals surface area contributed by atoms with Crippen LogP contribution in [-0.2, 0) is 14.9 Å². The Morgan fingerprint density at radius 3 is 2.82 bits per heavy atom. The lowest BCUT2D eigenvalue weighted by atomic mass is 10.1. The summed E-state index contributed by atoms with van der Waals surface area (Å²) in [7, 11) is -1.98. The molecule has 1 saturated heterocycles. The maximum Gasteiger partial charge on any atom is 0.301 e. The first-order valence-electron chi connectivity index (χ1n) is 6.93. The van der Waals surface area contributed by atoms with E-state index in [1.807, 2.05) is 0 Å². The second kappa shape index (κ2) is 6.04. The van der Waals surface area contributed by atoms with Crippen LogP contribution in [0.3, 0.4) is 0 Å². The van der Waals surface area contributed by atoms with Crippen LogP contribution in [-0.4, -0.2) is 49.2 Å². The minimum atomic E-state index is -3.63. The van der Waals surface area contributed by atoms with Gasteiger partial charge in [0.1, 0.15) is 0 Å². The number of hydrogen-bond acceptors (Lipinski definition) is 4. The lowest BCUT2D eigenvalue weighted by Gasteiger charge is -2.30. The molecule has 2 aromatic rings. The molecule has 120 valence electrons. The molecule has 22 heavy (non-hydrogen) atoms. The Labute approximate surface area is 133 Å². The monoisotopic (exact) mass is 344 g/mol. The summed E-state index contributed by atoms with van der Waals surface area (Å²) >= 11 is 6.25. The number of halogens is 1. The number of benzene rings is 1. The summed E-state index contributed by atoms with van der Waals surface area (Å²) in [4.78, 5) is 0. The molecule has 1 fully saturated rings. The van der Waals surface area contributed by atoms with Gasteiger partial charge >= 0.3 is 10.2 Å². The van der Waals surface area contributed by atoms with Crippen LogP contribution in [0.5, 0.6) is 0 Å². The number of nitrogens with zero attached hydrogens (tertiary/aromatic N) is 2. The van der Waals surface area contributed by atoms with E-state index in [-0.39, 0.29) is 6.10 Å². The number of fused-ring (bicyclic) bond motifs is 1. The third-order valence-corrected chi connectivity index (χ3v) is 5.80. The van der Waals surface area contributed by atoms with Gasteiger partial charge in [0.25, 0.3) is 0 Å². The second-order valence-electron chi connectivity index (χ2n) is 5.20. The summed E-state index contributed by atoms with van der Waals surface area (Å²) in [5.74, 6) is 0. The predicted octanol–water partition coefficient (Wildman–Crippen LogP) is 1.98. The van der Waals surface area contributed by atoms with Crippen molar-refractivity contribution in [3.05, 3.63) is 23.4 Å². The fourth-order valence-electron chi connectivity index (χ4n) is 2.57. The summed E-state index contributed by atoms with van der Waals surface area (Å²) < 4.78 is 34.2. The number of rotatable bonds is 4. The van der Waals surface area contributed by atoms with Crippen LogP contribution in [0.2, 0.25) is 5.02 Å². The highest BCUT2D eigenvalue weighted by molar-refractivity contribution is 7.90. The zero-order chi connectivity index (χ0) is 15.7. The molecule has 0 unspecified atom stereocenters. The summed E-state index contributed by atoms with van der Waals surface area (Å²) in [5.41, 5.74) is 1.11. The van der Waals surface area contributed by atoms with Crippen molar-refractivity contribution in [2.24, 2.45) is 0 Å². The Balaban J connectivity index is 1.80. The van der Waals surface area contributed by atoms with Gasteiger partial charge in [0.2, 0.25) is 0 Å². The van der Waals surface area contributed by atoms with Crippen molar-refractivity contribution in [1.29, 1.82) is 0 Å². The summed E-state index contributed by atoms with van der Waals surface area (Å²) in [6.07, 6.45) is 3.06. The Hall–Kier alpha value is -1.35. The molecule has 9 heteroatoms. The van der Waals surface area contributed by atoms with E-state index in [1.54, 1.807) is 25.4 Å². The number of nitrogens with one attached hydrogen (secondary N) is 2. The molecule has 3 rings (SSSR count). The van der Waals surface area contributed by atoms with Gasteiger partial charge in [-0.05, 0) is 25.0 Å². The summed E-state index contributed by atoms with van der Waals surface area (Å²) in [6.45, 7) is 0.860. The van der Waals surface area contributed by atoms with Gasteiger partial charge in [0.15, 0.2) is 0 Å². The fourth-order valence-corrected chi connectivity index (χ4v) is 4.16. The molecule has 1 aromatic carbocycles. The Kier molecular flexibility index (Phi) is 4.26. The third kappa shape index (κ3) is 2.91. The van der Waals surface area contributed by atoms with Crippen LogP contribution in [0.4, 0.5) is 5.69 Å². The molecule has 1 aliphatic heterocycles. The van der Waals surface area contributed by atoms with Gasteiger partial charge < -0.3 is 4.74 Å². The summed E-state index contributed by atoms with van der Waals surface area (Å²) in [5, 5.41) is 7.70. The molecule has 0 spiro atoms. The molecular formula is C13H17ClN4O3S. The topological polar surface area (TPSA) is 87.3 Å². The minimum absolute atomic E-state index is 0.123. The highest BCUT2D eigenvalue weighted by Gasteiger charge is 2.28. The van der Waals surface area contributed by atoms with Crippen molar-refractivity contribution >= 4 is 38.4 Å². The number of hydrogen-bond donors (Lipinski definition) is 2. The molecule has 1 aliphatic rings. The molecule has 2 N–H and O–H groups in total. The van der Waals surface area contributed by atoms with E-state index in [4.69, 9.17) is 16.3 Å². The average molecular weight is 345 g/mol. The van der Waals surface area contributed by atoms with Crippen molar-refractivity contribution in [2.75, 3.05) is 24.9 Å². The number of anilines is 1. The highest BCUT2D eigenvalue weighted by Crippen LogP contribution is 2.31. The van der Waals surface area contributed by atoms with Crippen molar-refractivity contribution in [1.82, 2.24) is 14.5 Å². The van der Waals surface area contributed by atoms with E-state index in [0.717, 1.165) is 5.52 Å². The molecule has 0 bridgehead atoms. The predicted molar refractivity (Wildman–Crippen MR) is 85.3 cm³/mol. The SMILES string of the molecule is COC1CCN(S(=O)(=O)Nc2ccc3[nH]ncc3c2Cl)CC1. The first-order chi connectivity index (χ1) is 10.5. The maximum atomic E-state index is 12.5.